The molecule has 0 fully saturated rings. The van der Waals surface area contributed by atoms with Crippen LogP contribution in [-0.2, 0) is 11.3 Å². The number of fused-ring (bicyclic) bond motifs is 1. The topological polar surface area (TPSA) is 119 Å². The highest BCUT2D eigenvalue weighted by molar-refractivity contribution is 6.21. The zero-order valence-corrected chi connectivity index (χ0v) is 16.7. The number of carbonyl (C=O) groups excluding carboxylic acids is 3. The van der Waals surface area contributed by atoms with Crippen molar-refractivity contribution in [2.75, 3.05) is 12.0 Å². The van der Waals surface area contributed by atoms with Gasteiger partial charge < -0.3 is 10.1 Å². The van der Waals surface area contributed by atoms with Gasteiger partial charge in [0.1, 0.15) is 5.69 Å². The third-order valence-corrected chi connectivity index (χ3v) is 4.96. The van der Waals surface area contributed by atoms with Gasteiger partial charge in [-0.1, -0.05) is 42.5 Å². The summed E-state index contributed by atoms with van der Waals surface area (Å²) in [6, 6.07) is 19.5. The molecule has 0 atom stereocenters. The summed E-state index contributed by atoms with van der Waals surface area (Å²) in [6.45, 7) is -0.224. The molecule has 0 saturated heterocycles. The number of benzene rings is 3. The summed E-state index contributed by atoms with van der Waals surface area (Å²) < 4.78 is 5.09. The molecule has 9 nitrogen and oxygen atoms in total. The van der Waals surface area contributed by atoms with Crippen LogP contribution in [0, 0.1) is 10.1 Å². The van der Waals surface area contributed by atoms with Crippen molar-refractivity contribution in [3.8, 4) is 0 Å². The average molecular weight is 431 g/mol. The van der Waals surface area contributed by atoms with Gasteiger partial charge in [-0.05, 0) is 29.8 Å². The fraction of sp³-hybridized carbons (Fsp3) is 0.0870. The van der Waals surface area contributed by atoms with E-state index in [1.165, 1.54) is 24.3 Å². The van der Waals surface area contributed by atoms with Crippen molar-refractivity contribution < 1.29 is 24.0 Å². The van der Waals surface area contributed by atoms with Crippen LogP contribution in [0.25, 0.3) is 0 Å². The van der Waals surface area contributed by atoms with Crippen LogP contribution in [0.15, 0.2) is 72.8 Å². The van der Waals surface area contributed by atoms with E-state index in [0.717, 1.165) is 16.5 Å². The van der Waals surface area contributed by atoms with Crippen LogP contribution < -0.4 is 5.32 Å². The lowest BCUT2D eigenvalue weighted by molar-refractivity contribution is -0.384. The molecule has 0 saturated carbocycles. The number of nitro groups is 1. The summed E-state index contributed by atoms with van der Waals surface area (Å²) >= 11 is 0. The van der Waals surface area contributed by atoms with E-state index in [2.05, 4.69) is 5.32 Å². The number of rotatable bonds is 7. The summed E-state index contributed by atoms with van der Waals surface area (Å²) in [5, 5.41) is 14.5. The van der Waals surface area contributed by atoms with Crippen LogP contribution in [0.4, 0.5) is 11.4 Å². The fourth-order valence-corrected chi connectivity index (χ4v) is 3.32. The third kappa shape index (κ3) is 4.04. The Labute approximate surface area is 182 Å². The Morgan fingerprint density at radius 1 is 0.938 bits per heavy atom. The first-order valence-electron chi connectivity index (χ1n) is 9.64. The first-order valence-corrected chi connectivity index (χ1v) is 9.64. The van der Waals surface area contributed by atoms with Gasteiger partial charge in [0.15, 0.2) is 6.73 Å². The Kier molecular flexibility index (Phi) is 5.63. The molecule has 3 aromatic rings. The SMILES string of the molecule is O=C(OCN1C(=O)c2ccccc2C1=O)c1ccc(NCc2ccccc2)c([N+](=O)[O-])c1. The van der Waals surface area contributed by atoms with Crippen molar-refractivity contribution in [2.45, 2.75) is 6.54 Å². The molecule has 0 spiro atoms. The van der Waals surface area contributed by atoms with E-state index in [1.54, 1.807) is 12.1 Å². The number of anilines is 1. The maximum atomic E-state index is 12.4. The molecule has 1 aliphatic heterocycles. The minimum absolute atomic E-state index is 0.0708. The number of carbonyl (C=O) groups is 3. The minimum Gasteiger partial charge on any atom is -0.440 e. The van der Waals surface area contributed by atoms with Gasteiger partial charge in [-0.25, -0.2) is 9.69 Å². The molecule has 0 bridgehead atoms. The van der Waals surface area contributed by atoms with Crippen LogP contribution in [0.5, 0.6) is 0 Å². The van der Waals surface area contributed by atoms with Crippen molar-refractivity contribution in [1.29, 1.82) is 0 Å². The molecule has 3 aromatic carbocycles. The second-order valence-electron chi connectivity index (χ2n) is 6.97. The van der Waals surface area contributed by atoms with Crippen molar-refractivity contribution in [1.82, 2.24) is 4.90 Å². The Balaban J connectivity index is 1.45. The number of nitrogens with one attached hydrogen (secondary N) is 1. The number of hydrogen-bond donors (Lipinski definition) is 1. The van der Waals surface area contributed by atoms with E-state index in [-0.39, 0.29) is 28.1 Å². The number of esters is 1. The molecular weight excluding hydrogens is 414 g/mol. The van der Waals surface area contributed by atoms with Gasteiger partial charge in [0.25, 0.3) is 17.5 Å². The number of hydrogen-bond acceptors (Lipinski definition) is 7. The molecule has 1 N–H and O–H groups in total. The van der Waals surface area contributed by atoms with Crippen molar-refractivity contribution in [3.05, 3.63) is 105 Å². The van der Waals surface area contributed by atoms with Gasteiger partial charge in [0.2, 0.25) is 0 Å². The maximum absolute atomic E-state index is 12.4. The lowest BCUT2D eigenvalue weighted by Crippen LogP contribution is -2.33. The Hall–Kier alpha value is -4.53. The van der Waals surface area contributed by atoms with E-state index in [4.69, 9.17) is 4.74 Å². The summed E-state index contributed by atoms with van der Waals surface area (Å²) in [5.74, 6) is -2.02. The summed E-state index contributed by atoms with van der Waals surface area (Å²) in [7, 11) is 0. The zero-order chi connectivity index (χ0) is 22.7. The van der Waals surface area contributed by atoms with Gasteiger partial charge in [0, 0.05) is 12.6 Å². The monoisotopic (exact) mass is 431 g/mol. The lowest BCUT2D eigenvalue weighted by atomic mass is 10.1. The highest BCUT2D eigenvalue weighted by Crippen LogP contribution is 2.27. The third-order valence-electron chi connectivity index (χ3n) is 4.96. The molecule has 0 aliphatic carbocycles. The molecule has 9 heteroatoms. The Morgan fingerprint density at radius 3 is 2.19 bits per heavy atom. The minimum atomic E-state index is -0.890. The van der Waals surface area contributed by atoms with Gasteiger partial charge in [-0.2, -0.15) is 0 Å². The molecule has 0 radical (unpaired) electrons. The van der Waals surface area contributed by atoms with E-state index >= 15 is 0 Å². The second kappa shape index (κ2) is 8.68. The Bertz CT molecular complexity index is 1190. The number of nitrogens with zero attached hydrogens (tertiary/aromatic N) is 2. The van der Waals surface area contributed by atoms with Crippen LogP contribution >= 0.6 is 0 Å². The first kappa shape index (κ1) is 20.7. The first-order chi connectivity index (χ1) is 15.5. The van der Waals surface area contributed by atoms with Crippen molar-refractivity contribution in [2.24, 2.45) is 0 Å². The number of amides is 2. The predicted octanol–water partition coefficient (Wildman–Crippen LogP) is 3.62. The van der Waals surface area contributed by atoms with E-state index in [9.17, 15) is 24.5 Å². The molecule has 1 heterocycles. The smallest absolute Gasteiger partial charge is 0.340 e. The molecule has 0 aromatic heterocycles. The largest absolute Gasteiger partial charge is 0.440 e. The summed E-state index contributed by atoms with van der Waals surface area (Å²) in [6.07, 6.45) is 0. The maximum Gasteiger partial charge on any atom is 0.340 e. The molecular formula is C23H17N3O6. The number of ether oxygens (including phenoxy) is 1. The van der Waals surface area contributed by atoms with E-state index in [1.807, 2.05) is 30.3 Å². The Morgan fingerprint density at radius 2 is 1.56 bits per heavy atom. The molecule has 160 valence electrons. The molecule has 32 heavy (non-hydrogen) atoms. The van der Waals surface area contributed by atoms with Crippen molar-refractivity contribution in [3.63, 3.8) is 0 Å². The van der Waals surface area contributed by atoms with Gasteiger partial charge in [-0.15, -0.1) is 0 Å². The van der Waals surface area contributed by atoms with E-state index < -0.39 is 29.4 Å². The second-order valence-corrected chi connectivity index (χ2v) is 6.97. The van der Waals surface area contributed by atoms with Crippen LogP contribution in [0.3, 0.4) is 0 Å². The van der Waals surface area contributed by atoms with Crippen LogP contribution in [-0.4, -0.2) is 34.3 Å². The van der Waals surface area contributed by atoms with Crippen LogP contribution in [0.2, 0.25) is 0 Å². The highest BCUT2D eigenvalue weighted by atomic mass is 16.6. The fourth-order valence-electron chi connectivity index (χ4n) is 3.32. The molecule has 4 rings (SSSR count). The number of nitro benzene ring substituents is 1. The van der Waals surface area contributed by atoms with Crippen LogP contribution in [0.1, 0.15) is 36.6 Å². The zero-order valence-electron chi connectivity index (χ0n) is 16.7. The average Bonchev–Trinajstić information content (AvgIpc) is 3.06. The molecule has 0 unspecified atom stereocenters. The highest BCUT2D eigenvalue weighted by Gasteiger charge is 2.36. The van der Waals surface area contributed by atoms with Gasteiger partial charge in [-0.3, -0.25) is 19.7 Å². The summed E-state index contributed by atoms with van der Waals surface area (Å²) in [4.78, 5) is 48.8. The standard InChI is InChI=1S/C23H17N3O6/c27-21-17-8-4-5-9-18(17)22(28)25(21)14-32-23(29)16-10-11-19(20(12-16)26(30)31)24-13-15-6-2-1-3-7-15/h1-12,24H,13-14H2. The van der Waals surface area contributed by atoms with Gasteiger partial charge >= 0.3 is 5.97 Å². The lowest BCUT2D eigenvalue weighted by Gasteiger charge is -2.14. The number of imide groups is 1. The molecule has 2 amide bonds. The normalized spacial score (nSPS) is 12.4. The van der Waals surface area contributed by atoms with E-state index in [0.29, 0.717) is 6.54 Å². The molecule has 1 aliphatic rings. The quantitative estimate of drug-likeness (QED) is 0.263. The summed E-state index contributed by atoms with van der Waals surface area (Å²) in [5.41, 5.74) is 1.28. The predicted molar refractivity (Wildman–Crippen MR) is 114 cm³/mol. The van der Waals surface area contributed by atoms with Gasteiger partial charge in [0.05, 0.1) is 21.6 Å². The van der Waals surface area contributed by atoms with Crippen molar-refractivity contribution >= 4 is 29.2 Å².